The van der Waals surface area contributed by atoms with Crippen LogP contribution in [0.4, 0.5) is 10.1 Å². The lowest BCUT2D eigenvalue weighted by Crippen LogP contribution is -2.26. The topological polar surface area (TPSA) is 61.4 Å². The number of sulfonamides is 1. The van der Waals surface area contributed by atoms with Gasteiger partial charge in [0, 0.05) is 31.4 Å². The zero-order valence-corrected chi connectivity index (χ0v) is 15.7. The van der Waals surface area contributed by atoms with Gasteiger partial charge in [-0.2, -0.15) is 4.31 Å². The quantitative estimate of drug-likeness (QED) is 0.832. The predicted octanol–water partition coefficient (Wildman–Crippen LogP) is 2.73. The lowest BCUT2D eigenvalue weighted by atomic mass is 10.1. The van der Waals surface area contributed by atoms with Crippen LogP contribution in [0.15, 0.2) is 47.4 Å². The van der Waals surface area contributed by atoms with Gasteiger partial charge in [0.15, 0.2) is 0 Å². The molecule has 140 valence electrons. The molecule has 0 aliphatic carbocycles. The van der Waals surface area contributed by atoms with Gasteiger partial charge in [-0.15, -0.1) is 12.4 Å². The fourth-order valence-corrected chi connectivity index (χ4v) is 4.89. The predicted molar refractivity (Wildman–Crippen MR) is 101 cm³/mol. The Hall–Kier alpha value is -1.67. The molecule has 0 amide bonds. The van der Waals surface area contributed by atoms with Gasteiger partial charge in [0.05, 0.1) is 4.90 Å². The van der Waals surface area contributed by atoms with E-state index in [9.17, 15) is 12.8 Å². The Morgan fingerprint density at radius 3 is 2.69 bits per heavy atom. The van der Waals surface area contributed by atoms with Crippen LogP contribution in [0.1, 0.15) is 17.5 Å². The summed E-state index contributed by atoms with van der Waals surface area (Å²) in [5.74, 6) is -0.547. The van der Waals surface area contributed by atoms with Crippen LogP contribution in [0, 0.1) is 5.82 Å². The molecule has 1 unspecified atom stereocenters. The Labute approximate surface area is 159 Å². The zero-order chi connectivity index (χ0) is 17.4. The van der Waals surface area contributed by atoms with Crippen molar-refractivity contribution in [3.63, 3.8) is 0 Å². The summed E-state index contributed by atoms with van der Waals surface area (Å²) < 4.78 is 40.5. The molecule has 0 bridgehead atoms. The van der Waals surface area contributed by atoms with E-state index in [0.717, 1.165) is 42.4 Å². The molecular formula is C18H21ClFN3O2S. The summed E-state index contributed by atoms with van der Waals surface area (Å²) in [7, 11) is -3.72. The number of benzene rings is 2. The minimum atomic E-state index is -3.72. The maximum atomic E-state index is 13.4. The second-order valence-electron chi connectivity index (χ2n) is 6.51. The summed E-state index contributed by atoms with van der Waals surface area (Å²) in [6.45, 7) is 2.52. The number of fused-ring (bicyclic) bond motifs is 1. The fraction of sp³-hybridized carbons (Fsp3) is 0.333. The molecule has 0 spiro atoms. The highest BCUT2D eigenvalue weighted by molar-refractivity contribution is 7.89. The first-order valence-electron chi connectivity index (χ1n) is 8.38. The van der Waals surface area contributed by atoms with Crippen molar-refractivity contribution in [3.8, 4) is 0 Å². The van der Waals surface area contributed by atoms with Gasteiger partial charge in [-0.1, -0.05) is 18.2 Å². The Bertz CT molecular complexity index is 901. The highest BCUT2D eigenvalue weighted by Gasteiger charge is 2.32. The third kappa shape index (κ3) is 3.57. The van der Waals surface area contributed by atoms with Crippen molar-refractivity contribution in [2.24, 2.45) is 0 Å². The smallest absolute Gasteiger partial charge is 0.243 e. The summed E-state index contributed by atoms with van der Waals surface area (Å²) in [6, 6.07) is 11.4. The van der Waals surface area contributed by atoms with Crippen molar-refractivity contribution >= 4 is 28.1 Å². The lowest BCUT2D eigenvalue weighted by Gasteiger charge is -2.17. The molecule has 8 heteroatoms. The van der Waals surface area contributed by atoms with Crippen molar-refractivity contribution in [3.05, 3.63) is 59.4 Å². The summed E-state index contributed by atoms with van der Waals surface area (Å²) in [5, 5.41) is 6.83. The van der Waals surface area contributed by atoms with E-state index in [2.05, 4.69) is 10.6 Å². The molecule has 0 aromatic heterocycles. The molecule has 2 aromatic rings. The van der Waals surface area contributed by atoms with Crippen LogP contribution in [0.3, 0.4) is 0 Å². The van der Waals surface area contributed by atoms with E-state index in [1.54, 1.807) is 0 Å². The van der Waals surface area contributed by atoms with Gasteiger partial charge in [0.1, 0.15) is 5.82 Å². The standard InChI is InChI=1S/C18H20FN3O2S.ClH/c19-14-4-2-5-16(9-14)25(23,24)22-11-13-3-1-6-18(17(13)12-22)21-15-7-8-20-10-15;/h1-6,9,15,20-21H,7-8,10-12H2;1H. The average molecular weight is 398 g/mol. The maximum Gasteiger partial charge on any atom is 0.243 e. The molecule has 0 radical (unpaired) electrons. The van der Waals surface area contributed by atoms with E-state index in [1.807, 2.05) is 18.2 Å². The van der Waals surface area contributed by atoms with E-state index in [0.29, 0.717) is 19.1 Å². The molecule has 2 N–H and O–H groups in total. The fourth-order valence-electron chi connectivity index (χ4n) is 3.47. The van der Waals surface area contributed by atoms with Gasteiger partial charge in [0.25, 0.3) is 0 Å². The first-order chi connectivity index (χ1) is 12.0. The van der Waals surface area contributed by atoms with E-state index in [1.165, 1.54) is 22.5 Å². The Morgan fingerprint density at radius 2 is 1.96 bits per heavy atom. The van der Waals surface area contributed by atoms with Crippen molar-refractivity contribution in [1.29, 1.82) is 0 Å². The minimum absolute atomic E-state index is 0. The van der Waals surface area contributed by atoms with E-state index >= 15 is 0 Å². The summed E-state index contributed by atoms with van der Waals surface area (Å²) >= 11 is 0. The first-order valence-corrected chi connectivity index (χ1v) is 9.82. The Morgan fingerprint density at radius 1 is 1.15 bits per heavy atom. The number of anilines is 1. The molecule has 1 fully saturated rings. The first kappa shape index (κ1) is 19.1. The molecule has 4 rings (SSSR count). The summed E-state index contributed by atoms with van der Waals surface area (Å²) in [5.41, 5.74) is 2.99. The van der Waals surface area contributed by atoms with Crippen molar-refractivity contribution < 1.29 is 12.8 Å². The van der Waals surface area contributed by atoms with Crippen LogP contribution in [0.5, 0.6) is 0 Å². The molecule has 5 nitrogen and oxygen atoms in total. The van der Waals surface area contributed by atoms with Gasteiger partial charge in [-0.25, -0.2) is 12.8 Å². The van der Waals surface area contributed by atoms with Crippen LogP contribution in [0.2, 0.25) is 0 Å². The third-order valence-corrected chi connectivity index (χ3v) is 6.60. The number of halogens is 2. The second kappa shape index (κ2) is 7.52. The van der Waals surface area contributed by atoms with Crippen LogP contribution < -0.4 is 10.6 Å². The monoisotopic (exact) mass is 397 g/mol. The molecule has 2 aliphatic heterocycles. The van der Waals surface area contributed by atoms with E-state index < -0.39 is 15.8 Å². The number of nitrogens with zero attached hydrogens (tertiary/aromatic N) is 1. The zero-order valence-electron chi connectivity index (χ0n) is 14.1. The van der Waals surface area contributed by atoms with Gasteiger partial charge in [0.2, 0.25) is 10.0 Å². The molecule has 0 saturated carbocycles. The van der Waals surface area contributed by atoms with Crippen LogP contribution in [-0.4, -0.2) is 31.9 Å². The molecule has 2 aromatic carbocycles. The van der Waals surface area contributed by atoms with Crippen LogP contribution >= 0.6 is 12.4 Å². The molecule has 1 atom stereocenters. The third-order valence-electron chi connectivity index (χ3n) is 4.81. The Kier molecular flexibility index (Phi) is 5.53. The molecule has 2 aliphatic rings. The van der Waals surface area contributed by atoms with Gasteiger partial charge in [-0.3, -0.25) is 0 Å². The van der Waals surface area contributed by atoms with Crippen LogP contribution in [-0.2, 0) is 23.1 Å². The Balaban J connectivity index is 0.00000196. The molecule has 2 heterocycles. The highest BCUT2D eigenvalue weighted by atomic mass is 35.5. The van der Waals surface area contributed by atoms with Gasteiger partial charge in [-0.05, 0) is 48.4 Å². The van der Waals surface area contributed by atoms with E-state index in [-0.39, 0.29) is 17.3 Å². The lowest BCUT2D eigenvalue weighted by molar-refractivity contribution is 0.431. The number of rotatable bonds is 4. The van der Waals surface area contributed by atoms with Crippen molar-refractivity contribution in [1.82, 2.24) is 9.62 Å². The molecule has 26 heavy (non-hydrogen) atoms. The maximum absolute atomic E-state index is 13.4. The van der Waals surface area contributed by atoms with Crippen molar-refractivity contribution in [2.45, 2.75) is 30.4 Å². The number of hydrogen-bond donors (Lipinski definition) is 2. The molecular weight excluding hydrogens is 377 g/mol. The number of hydrogen-bond acceptors (Lipinski definition) is 4. The summed E-state index contributed by atoms with van der Waals surface area (Å²) in [6.07, 6.45) is 1.05. The van der Waals surface area contributed by atoms with Gasteiger partial charge < -0.3 is 10.6 Å². The van der Waals surface area contributed by atoms with Gasteiger partial charge >= 0.3 is 0 Å². The largest absolute Gasteiger partial charge is 0.381 e. The SMILES string of the molecule is Cl.O=S(=O)(c1cccc(F)c1)N1Cc2cccc(NC3CCNC3)c2C1. The summed E-state index contributed by atoms with van der Waals surface area (Å²) in [4.78, 5) is -0.00481. The van der Waals surface area contributed by atoms with Crippen molar-refractivity contribution in [2.75, 3.05) is 18.4 Å². The molecule has 1 saturated heterocycles. The number of nitrogens with one attached hydrogen (secondary N) is 2. The minimum Gasteiger partial charge on any atom is -0.381 e. The van der Waals surface area contributed by atoms with E-state index in [4.69, 9.17) is 0 Å². The highest BCUT2D eigenvalue weighted by Crippen LogP contribution is 2.33. The normalized spacial score (nSPS) is 19.8. The average Bonchev–Trinajstić information content (AvgIpc) is 3.25. The van der Waals surface area contributed by atoms with Crippen LogP contribution in [0.25, 0.3) is 0 Å². The second-order valence-corrected chi connectivity index (χ2v) is 8.45.